The quantitative estimate of drug-likeness (QED) is 0.429. The van der Waals surface area contributed by atoms with Crippen LogP contribution in [0.25, 0.3) is 0 Å². The highest BCUT2D eigenvalue weighted by Crippen LogP contribution is 2.19. The Kier molecular flexibility index (Phi) is 4.12. The SMILES string of the molecule is Cn1ccn(C)c1=N/N=N/C1CCCCCC1. The summed E-state index contributed by atoms with van der Waals surface area (Å²) in [7, 11) is 3.92. The van der Waals surface area contributed by atoms with Gasteiger partial charge < -0.3 is 9.13 Å². The lowest BCUT2D eigenvalue weighted by Gasteiger charge is -2.03. The molecular weight excluding hydrogens is 214 g/mol. The summed E-state index contributed by atoms with van der Waals surface area (Å²) >= 11 is 0. The van der Waals surface area contributed by atoms with Gasteiger partial charge in [0.2, 0.25) is 5.62 Å². The van der Waals surface area contributed by atoms with Gasteiger partial charge in [-0.1, -0.05) is 30.8 Å². The van der Waals surface area contributed by atoms with E-state index in [1.54, 1.807) is 0 Å². The maximum atomic E-state index is 4.33. The monoisotopic (exact) mass is 235 g/mol. The third-order valence-corrected chi connectivity index (χ3v) is 3.32. The number of hydrogen-bond acceptors (Lipinski definition) is 2. The van der Waals surface area contributed by atoms with Crippen LogP contribution in [0.3, 0.4) is 0 Å². The Labute approximate surface area is 102 Å². The van der Waals surface area contributed by atoms with Gasteiger partial charge in [0.25, 0.3) is 0 Å². The van der Waals surface area contributed by atoms with Crippen LogP contribution in [0.15, 0.2) is 27.8 Å². The highest BCUT2D eigenvalue weighted by molar-refractivity contribution is 4.76. The number of aryl methyl sites for hydroxylation is 2. The first-order valence-corrected chi connectivity index (χ1v) is 6.39. The van der Waals surface area contributed by atoms with Gasteiger partial charge in [-0.25, -0.2) is 0 Å². The van der Waals surface area contributed by atoms with Crippen molar-refractivity contribution in [3.63, 3.8) is 0 Å². The molecular formula is C12H21N5. The molecule has 1 heterocycles. The first-order valence-electron chi connectivity index (χ1n) is 6.39. The smallest absolute Gasteiger partial charge is 0.231 e. The van der Waals surface area contributed by atoms with E-state index in [9.17, 15) is 0 Å². The van der Waals surface area contributed by atoms with Crippen LogP contribution in [0.5, 0.6) is 0 Å². The Morgan fingerprint density at radius 1 is 1.00 bits per heavy atom. The molecule has 0 aliphatic heterocycles. The number of nitrogens with zero attached hydrogens (tertiary/aromatic N) is 5. The van der Waals surface area contributed by atoms with Gasteiger partial charge in [-0.05, 0) is 18.1 Å². The van der Waals surface area contributed by atoms with Crippen molar-refractivity contribution in [1.82, 2.24) is 9.13 Å². The van der Waals surface area contributed by atoms with E-state index in [4.69, 9.17) is 0 Å². The summed E-state index contributed by atoms with van der Waals surface area (Å²) < 4.78 is 3.87. The van der Waals surface area contributed by atoms with Crippen molar-refractivity contribution in [2.24, 2.45) is 29.5 Å². The molecule has 94 valence electrons. The number of hydrogen-bond donors (Lipinski definition) is 0. The molecule has 1 aliphatic carbocycles. The molecule has 1 aromatic rings. The summed E-state index contributed by atoms with van der Waals surface area (Å²) in [6.45, 7) is 0. The number of rotatable bonds is 2. The van der Waals surface area contributed by atoms with Crippen LogP contribution in [0, 0.1) is 0 Å². The lowest BCUT2D eigenvalue weighted by Crippen LogP contribution is -2.20. The van der Waals surface area contributed by atoms with Crippen LogP contribution in [0.1, 0.15) is 38.5 Å². The maximum Gasteiger partial charge on any atom is 0.231 e. The van der Waals surface area contributed by atoms with Crippen molar-refractivity contribution >= 4 is 0 Å². The van der Waals surface area contributed by atoms with Gasteiger partial charge in [-0.3, -0.25) is 0 Å². The van der Waals surface area contributed by atoms with Crippen molar-refractivity contribution < 1.29 is 0 Å². The molecule has 0 atom stereocenters. The highest BCUT2D eigenvalue weighted by atomic mass is 15.4. The van der Waals surface area contributed by atoms with Crippen LogP contribution >= 0.6 is 0 Å². The topological polar surface area (TPSA) is 46.9 Å². The molecule has 0 aromatic carbocycles. The van der Waals surface area contributed by atoms with Gasteiger partial charge in [0.1, 0.15) is 0 Å². The van der Waals surface area contributed by atoms with E-state index in [1.165, 1.54) is 25.7 Å². The molecule has 17 heavy (non-hydrogen) atoms. The molecule has 0 amide bonds. The zero-order chi connectivity index (χ0) is 12.1. The summed E-state index contributed by atoms with van der Waals surface area (Å²) in [6.07, 6.45) is 11.5. The number of aromatic nitrogens is 2. The van der Waals surface area contributed by atoms with Crippen molar-refractivity contribution in [2.75, 3.05) is 0 Å². The van der Waals surface area contributed by atoms with E-state index in [0.29, 0.717) is 6.04 Å². The summed E-state index contributed by atoms with van der Waals surface area (Å²) in [6, 6.07) is 0.381. The summed E-state index contributed by atoms with van der Waals surface area (Å²) in [5.41, 5.74) is 0.822. The first-order chi connectivity index (χ1) is 8.27. The second kappa shape index (κ2) is 5.80. The van der Waals surface area contributed by atoms with E-state index >= 15 is 0 Å². The van der Waals surface area contributed by atoms with Gasteiger partial charge in [0.15, 0.2) is 0 Å². The van der Waals surface area contributed by atoms with E-state index in [1.807, 2.05) is 35.6 Å². The lowest BCUT2D eigenvalue weighted by atomic mass is 10.1. The fourth-order valence-corrected chi connectivity index (χ4v) is 2.24. The summed E-state index contributed by atoms with van der Waals surface area (Å²) in [5, 5.41) is 12.5. The van der Waals surface area contributed by atoms with E-state index in [2.05, 4.69) is 15.4 Å². The molecule has 2 rings (SSSR count). The van der Waals surface area contributed by atoms with Crippen molar-refractivity contribution in [3.05, 3.63) is 18.0 Å². The minimum Gasteiger partial charge on any atom is -0.319 e. The molecule has 5 heteroatoms. The van der Waals surface area contributed by atoms with Crippen LogP contribution in [0.4, 0.5) is 0 Å². The molecule has 0 unspecified atom stereocenters. The Balaban J connectivity index is 2.03. The zero-order valence-electron chi connectivity index (χ0n) is 10.7. The molecule has 0 radical (unpaired) electrons. The molecule has 1 aliphatic rings. The van der Waals surface area contributed by atoms with Crippen LogP contribution in [-0.4, -0.2) is 15.2 Å². The lowest BCUT2D eigenvalue weighted by molar-refractivity contribution is 0.550. The highest BCUT2D eigenvalue weighted by Gasteiger charge is 2.10. The normalized spacial score (nSPS) is 18.5. The van der Waals surface area contributed by atoms with Crippen molar-refractivity contribution in [1.29, 1.82) is 0 Å². The van der Waals surface area contributed by atoms with Gasteiger partial charge >= 0.3 is 0 Å². The first kappa shape index (κ1) is 12.1. The standard InChI is InChI=1S/C12H21N5/c1-16-9-10-17(2)12(16)14-15-13-11-7-5-3-4-6-8-11/h9-11H,3-8H2,1-2H3/b15-13+. The largest absolute Gasteiger partial charge is 0.319 e. The average molecular weight is 235 g/mol. The predicted molar refractivity (Wildman–Crippen MR) is 66.3 cm³/mol. The van der Waals surface area contributed by atoms with Crippen molar-refractivity contribution in [2.45, 2.75) is 44.6 Å². The van der Waals surface area contributed by atoms with E-state index < -0.39 is 0 Å². The average Bonchev–Trinajstić information content (AvgIpc) is 2.57. The van der Waals surface area contributed by atoms with Crippen LogP contribution < -0.4 is 5.62 Å². The fraction of sp³-hybridized carbons (Fsp3) is 0.750. The van der Waals surface area contributed by atoms with Crippen molar-refractivity contribution in [3.8, 4) is 0 Å². The Hall–Kier alpha value is -1.39. The minimum atomic E-state index is 0.381. The second-order valence-corrected chi connectivity index (χ2v) is 4.77. The summed E-state index contributed by atoms with van der Waals surface area (Å²) in [5.74, 6) is 0. The van der Waals surface area contributed by atoms with Crippen LogP contribution in [-0.2, 0) is 14.1 Å². The van der Waals surface area contributed by atoms with E-state index in [0.717, 1.165) is 18.5 Å². The molecule has 1 saturated carbocycles. The molecule has 0 saturated heterocycles. The third-order valence-electron chi connectivity index (χ3n) is 3.32. The molecule has 5 nitrogen and oxygen atoms in total. The molecule has 0 spiro atoms. The Bertz CT molecular complexity index is 409. The molecule has 1 aromatic heterocycles. The Morgan fingerprint density at radius 2 is 1.59 bits per heavy atom. The summed E-state index contributed by atoms with van der Waals surface area (Å²) in [4.78, 5) is 0. The van der Waals surface area contributed by atoms with Gasteiger partial charge in [-0.15, -0.1) is 0 Å². The van der Waals surface area contributed by atoms with Gasteiger partial charge in [0.05, 0.1) is 6.04 Å². The van der Waals surface area contributed by atoms with E-state index in [-0.39, 0.29) is 0 Å². The van der Waals surface area contributed by atoms with Gasteiger partial charge in [0, 0.05) is 26.5 Å². The zero-order valence-corrected chi connectivity index (χ0v) is 10.7. The van der Waals surface area contributed by atoms with Crippen LogP contribution in [0.2, 0.25) is 0 Å². The molecule has 0 N–H and O–H groups in total. The molecule has 0 bridgehead atoms. The minimum absolute atomic E-state index is 0.381. The predicted octanol–water partition coefficient (Wildman–Crippen LogP) is 2.35. The maximum absolute atomic E-state index is 4.33. The fourth-order valence-electron chi connectivity index (χ4n) is 2.24. The second-order valence-electron chi connectivity index (χ2n) is 4.77. The Morgan fingerprint density at radius 3 is 2.18 bits per heavy atom. The number of imidazole rings is 1. The third kappa shape index (κ3) is 3.28. The molecule has 1 fully saturated rings. The van der Waals surface area contributed by atoms with Gasteiger partial charge in [-0.2, -0.15) is 5.11 Å².